The van der Waals surface area contributed by atoms with Crippen LogP contribution in [0, 0.1) is 11.8 Å². The molecule has 1 aromatic heterocycles. The number of halogens is 1. The van der Waals surface area contributed by atoms with E-state index in [1.165, 1.54) is 13.2 Å². The Morgan fingerprint density at radius 1 is 0.955 bits per heavy atom. The molecular weight excluding hydrogens is 563 g/mol. The first-order valence-corrected chi connectivity index (χ1v) is 15.3. The van der Waals surface area contributed by atoms with E-state index in [2.05, 4.69) is 29.4 Å². The zero-order valence-electron chi connectivity index (χ0n) is 24.8. The van der Waals surface area contributed by atoms with Crippen molar-refractivity contribution in [3.05, 3.63) is 89.8 Å². The highest BCUT2D eigenvalue weighted by atomic mass is 19.1. The number of hydrogen-bond acceptors (Lipinski definition) is 6. The largest absolute Gasteiger partial charge is 0.465 e. The van der Waals surface area contributed by atoms with E-state index in [1.807, 2.05) is 11.0 Å². The number of aromatic nitrogens is 2. The van der Waals surface area contributed by atoms with Crippen LogP contribution in [-0.2, 0) is 4.74 Å². The average Bonchev–Trinajstić information content (AvgIpc) is 3.74. The van der Waals surface area contributed by atoms with Crippen LogP contribution in [-0.4, -0.2) is 77.0 Å². The number of amides is 2. The molecule has 10 heteroatoms. The Morgan fingerprint density at radius 3 is 2.41 bits per heavy atom. The standard InChI is InChI=1S/C34H37FN4O5/c1-43-33(41)25-7-13-29(14-8-25)44-34(42)37-18-15-24(16-19-37)31-30(21-36-39(31)28-11-9-27(35)10-12-28)32(40)38-20-17-26(22-38)23-5-3-2-4-6-23/h2-5,7-9,11-14,21,23-24,26-27H,6,10,15-20,22H2,1H3/t23?,26-,27?/m0/s1. The smallest absolute Gasteiger partial charge is 0.415 e. The summed E-state index contributed by atoms with van der Waals surface area (Å²) >= 11 is 0. The molecule has 4 aliphatic rings. The predicted molar refractivity (Wildman–Crippen MR) is 163 cm³/mol. The van der Waals surface area contributed by atoms with Gasteiger partial charge in [0.2, 0.25) is 0 Å². The van der Waals surface area contributed by atoms with Crippen molar-refractivity contribution in [3.63, 3.8) is 0 Å². The number of likely N-dealkylation sites (tertiary alicyclic amines) is 2. The molecule has 2 aromatic rings. The van der Waals surface area contributed by atoms with Gasteiger partial charge >= 0.3 is 12.1 Å². The van der Waals surface area contributed by atoms with Crippen LogP contribution in [0.5, 0.6) is 5.75 Å². The van der Waals surface area contributed by atoms with E-state index < -0.39 is 18.2 Å². The van der Waals surface area contributed by atoms with Gasteiger partial charge in [-0.3, -0.25) is 4.79 Å². The summed E-state index contributed by atoms with van der Waals surface area (Å²) in [7, 11) is 1.31. The number of piperidine rings is 1. The molecule has 1 aromatic carbocycles. The normalized spacial score (nSPS) is 23.5. The number of carbonyl (C=O) groups excluding carboxylic acids is 3. The topological polar surface area (TPSA) is 94.0 Å². The lowest BCUT2D eigenvalue weighted by atomic mass is 9.86. The third-order valence-corrected chi connectivity index (χ3v) is 9.06. The Kier molecular flexibility index (Phi) is 8.77. The average molecular weight is 601 g/mol. The Morgan fingerprint density at radius 2 is 1.73 bits per heavy atom. The molecule has 2 unspecified atom stereocenters. The second kappa shape index (κ2) is 13.0. The van der Waals surface area contributed by atoms with Gasteiger partial charge in [0.05, 0.1) is 35.8 Å². The molecule has 6 rings (SSSR count). The zero-order valence-corrected chi connectivity index (χ0v) is 24.8. The SMILES string of the molecule is COC(=O)c1ccc(OC(=O)N2CCC(c3c(C(=O)N4CC[C@H](C5C=CC=CC5)C4)cnn3C3=CCC(F)C=C3)CC2)cc1. The van der Waals surface area contributed by atoms with E-state index in [-0.39, 0.29) is 18.2 Å². The van der Waals surface area contributed by atoms with E-state index in [4.69, 9.17) is 9.47 Å². The molecule has 2 amide bonds. The van der Waals surface area contributed by atoms with Crippen molar-refractivity contribution < 1.29 is 28.2 Å². The minimum absolute atomic E-state index is 0.0231. The van der Waals surface area contributed by atoms with E-state index in [9.17, 15) is 18.8 Å². The van der Waals surface area contributed by atoms with Gasteiger partial charge < -0.3 is 19.3 Å². The maximum Gasteiger partial charge on any atom is 0.415 e. The van der Waals surface area contributed by atoms with Crippen molar-refractivity contribution in [2.24, 2.45) is 11.8 Å². The quantitative estimate of drug-likeness (QED) is 0.390. The molecule has 0 N–H and O–H groups in total. The summed E-state index contributed by atoms with van der Waals surface area (Å²) < 4.78 is 26.0. The summed E-state index contributed by atoms with van der Waals surface area (Å²) in [5.41, 5.74) is 2.52. The fraction of sp³-hybridized carbons (Fsp3) is 0.412. The molecule has 2 aliphatic heterocycles. The zero-order chi connectivity index (χ0) is 30.6. The molecular formula is C34H37FN4O5. The Balaban J connectivity index is 1.16. The lowest BCUT2D eigenvalue weighted by molar-refractivity contribution is 0.0600. The van der Waals surface area contributed by atoms with E-state index in [0.29, 0.717) is 67.7 Å². The van der Waals surface area contributed by atoms with E-state index in [1.54, 1.807) is 46.1 Å². The highest BCUT2D eigenvalue weighted by Gasteiger charge is 2.36. The number of methoxy groups -OCH3 is 1. The molecule has 230 valence electrons. The Labute approximate surface area is 256 Å². The number of benzene rings is 1. The lowest BCUT2D eigenvalue weighted by Crippen LogP contribution is -2.40. The van der Waals surface area contributed by atoms with Gasteiger partial charge in [-0.1, -0.05) is 30.4 Å². The summed E-state index contributed by atoms with van der Waals surface area (Å²) in [6.07, 6.45) is 17.3. The number of carbonyl (C=O) groups is 3. The molecule has 0 radical (unpaired) electrons. The number of rotatable bonds is 6. The summed E-state index contributed by atoms with van der Waals surface area (Å²) in [6.45, 7) is 2.30. The number of alkyl halides is 1. The highest BCUT2D eigenvalue weighted by molar-refractivity contribution is 5.96. The van der Waals surface area contributed by atoms with Crippen molar-refractivity contribution >= 4 is 23.7 Å². The molecule has 2 aliphatic carbocycles. The van der Waals surface area contributed by atoms with E-state index in [0.717, 1.165) is 24.2 Å². The van der Waals surface area contributed by atoms with Crippen LogP contribution < -0.4 is 4.74 Å². The fourth-order valence-electron chi connectivity index (χ4n) is 6.58. The van der Waals surface area contributed by atoms with Crippen LogP contribution in [0.3, 0.4) is 0 Å². The van der Waals surface area contributed by atoms with Crippen molar-refractivity contribution in [3.8, 4) is 5.75 Å². The first-order valence-electron chi connectivity index (χ1n) is 15.3. The third-order valence-electron chi connectivity index (χ3n) is 9.06. The summed E-state index contributed by atoms with van der Waals surface area (Å²) in [5.74, 6) is 0.694. The predicted octanol–water partition coefficient (Wildman–Crippen LogP) is 5.78. The van der Waals surface area contributed by atoms with Crippen LogP contribution in [0.1, 0.15) is 64.4 Å². The van der Waals surface area contributed by atoms with Crippen LogP contribution in [0.25, 0.3) is 5.70 Å². The Bertz CT molecular complexity index is 1520. The monoisotopic (exact) mass is 600 g/mol. The molecule has 0 spiro atoms. The number of nitrogens with zero attached hydrogens (tertiary/aromatic N) is 4. The molecule has 9 nitrogen and oxygen atoms in total. The molecule has 2 saturated heterocycles. The van der Waals surface area contributed by atoms with Crippen LogP contribution >= 0.6 is 0 Å². The van der Waals surface area contributed by atoms with Gasteiger partial charge in [0, 0.05) is 38.5 Å². The summed E-state index contributed by atoms with van der Waals surface area (Å²) in [5, 5.41) is 4.65. The van der Waals surface area contributed by atoms with Gasteiger partial charge in [-0.15, -0.1) is 0 Å². The number of ether oxygens (including phenoxy) is 2. The maximum absolute atomic E-state index is 14.0. The third kappa shape index (κ3) is 6.25. The molecule has 3 atom stereocenters. The minimum atomic E-state index is -1.03. The van der Waals surface area contributed by atoms with Gasteiger partial charge in [0.25, 0.3) is 5.91 Å². The summed E-state index contributed by atoms with van der Waals surface area (Å²) in [4.78, 5) is 42.2. The van der Waals surface area contributed by atoms with E-state index >= 15 is 0 Å². The van der Waals surface area contributed by atoms with Gasteiger partial charge in [-0.25, -0.2) is 18.7 Å². The lowest BCUT2D eigenvalue weighted by Gasteiger charge is -2.32. The van der Waals surface area contributed by atoms with Crippen LogP contribution in [0.15, 0.2) is 73.0 Å². The second-order valence-electron chi connectivity index (χ2n) is 11.8. The number of allylic oxidation sites excluding steroid dienone is 8. The van der Waals surface area contributed by atoms with Crippen LogP contribution in [0.2, 0.25) is 0 Å². The van der Waals surface area contributed by atoms with Gasteiger partial charge in [-0.05, 0) is 73.9 Å². The van der Waals surface area contributed by atoms with Crippen molar-refractivity contribution in [2.75, 3.05) is 33.3 Å². The van der Waals surface area contributed by atoms with Gasteiger partial charge in [0.1, 0.15) is 11.9 Å². The number of hydrogen-bond donors (Lipinski definition) is 0. The minimum Gasteiger partial charge on any atom is -0.465 e. The molecule has 3 heterocycles. The van der Waals surface area contributed by atoms with Gasteiger partial charge in [-0.2, -0.15) is 5.10 Å². The second-order valence-corrected chi connectivity index (χ2v) is 11.8. The first-order chi connectivity index (χ1) is 21.4. The fourth-order valence-corrected chi connectivity index (χ4v) is 6.58. The highest BCUT2D eigenvalue weighted by Crippen LogP contribution is 2.36. The summed E-state index contributed by atoms with van der Waals surface area (Å²) in [6, 6.07) is 6.21. The van der Waals surface area contributed by atoms with Gasteiger partial charge in [0.15, 0.2) is 0 Å². The molecule has 0 saturated carbocycles. The molecule has 0 bridgehead atoms. The van der Waals surface area contributed by atoms with Crippen molar-refractivity contribution in [1.82, 2.24) is 19.6 Å². The van der Waals surface area contributed by atoms with Crippen LogP contribution in [0.4, 0.5) is 9.18 Å². The maximum atomic E-state index is 14.0. The Hall–Kier alpha value is -4.47. The van der Waals surface area contributed by atoms with Crippen molar-refractivity contribution in [2.45, 2.75) is 44.2 Å². The molecule has 44 heavy (non-hydrogen) atoms. The number of esters is 1. The van der Waals surface area contributed by atoms with Crippen molar-refractivity contribution in [1.29, 1.82) is 0 Å². The first kappa shape index (κ1) is 29.6. The molecule has 2 fully saturated rings.